The van der Waals surface area contributed by atoms with Gasteiger partial charge in [0.25, 0.3) is 5.91 Å². The van der Waals surface area contributed by atoms with Gasteiger partial charge in [-0.1, -0.05) is 0 Å². The van der Waals surface area contributed by atoms with Gasteiger partial charge in [0.2, 0.25) is 0 Å². The van der Waals surface area contributed by atoms with E-state index in [-0.39, 0.29) is 11.1 Å². The number of hydrogen-bond donors (Lipinski definition) is 2. The molecule has 0 aliphatic rings. The van der Waals surface area contributed by atoms with Crippen LogP contribution in [-0.4, -0.2) is 36.1 Å². The minimum absolute atomic E-state index is 0.0211. The summed E-state index contributed by atoms with van der Waals surface area (Å²) in [6.45, 7) is 2.87. The van der Waals surface area contributed by atoms with Crippen LogP contribution in [0.2, 0.25) is 0 Å². The monoisotopic (exact) mass is 263 g/mol. The summed E-state index contributed by atoms with van der Waals surface area (Å²) in [5.41, 5.74) is 1.52. The van der Waals surface area contributed by atoms with Gasteiger partial charge >= 0.3 is 5.97 Å². The first-order valence-electron chi connectivity index (χ1n) is 5.68. The van der Waals surface area contributed by atoms with Crippen molar-refractivity contribution in [1.29, 1.82) is 0 Å². The van der Waals surface area contributed by atoms with Crippen molar-refractivity contribution in [2.45, 2.75) is 13.8 Å². The molecule has 0 aromatic carbocycles. The van der Waals surface area contributed by atoms with Crippen LogP contribution >= 0.6 is 0 Å². The molecule has 1 amide bonds. The lowest BCUT2D eigenvalue weighted by molar-refractivity contribution is -0.133. The average molecular weight is 263 g/mol. The lowest BCUT2D eigenvalue weighted by Crippen LogP contribution is -2.19. The molecule has 0 unspecified atom stereocenters. The first-order chi connectivity index (χ1) is 8.84. The van der Waals surface area contributed by atoms with Gasteiger partial charge in [0, 0.05) is 31.4 Å². The Morgan fingerprint density at radius 1 is 1.26 bits per heavy atom. The van der Waals surface area contributed by atoms with Crippen molar-refractivity contribution < 1.29 is 14.7 Å². The van der Waals surface area contributed by atoms with E-state index in [9.17, 15) is 9.59 Å². The number of nitrogens with zero attached hydrogens (tertiary/aromatic N) is 2. The third-order valence-electron chi connectivity index (χ3n) is 2.75. The maximum atomic E-state index is 12.0. The van der Waals surface area contributed by atoms with Crippen molar-refractivity contribution in [3.63, 3.8) is 0 Å². The second-order valence-corrected chi connectivity index (χ2v) is 4.30. The quantitative estimate of drug-likeness (QED) is 0.804. The van der Waals surface area contributed by atoms with E-state index < -0.39 is 11.9 Å². The molecule has 0 radical (unpaired) electrons. The van der Waals surface area contributed by atoms with Crippen molar-refractivity contribution in [2.75, 3.05) is 24.3 Å². The number of nitrogens with one attached hydrogen (secondary N) is 1. The lowest BCUT2D eigenvalue weighted by Gasteiger charge is -2.17. The predicted octanol–water partition coefficient (Wildman–Crippen LogP) is 1.51. The number of amides is 1. The molecule has 0 aliphatic heterocycles. The Bertz CT molecular complexity index is 536. The number of carbonyl (C=O) groups is 2. The lowest BCUT2D eigenvalue weighted by atomic mass is 10.1. The minimum atomic E-state index is -1.10. The number of hydrogen-bond acceptors (Lipinski definition) is 4. The fourth-order valence-electron chi connectivity index (χ4n) is 1.42. The van der Waals surface area contributed by atoms with Crippen molar-refractivity contribution in [2.24, 2.45) is 0 Å². The minimum Gasteiger partial charge on any atom is -0.478 e. The Morgan fingerprint density at radius 3 is 2.42 bits per heavy atom. The smallest absolute Gasteiger partial charge is 0.331 e. The third-order valence-corrected chi connectivity index (χ3v) is 2.75. The van der Waals surface area contributed by atoms with E-state index in [4.69, 9.17) is 5.11 Å². The van der Waals surface area contributed by atoms with Crippen LogP contribution in [0.25, 0.3) is 0 Å². The molecule has 1 aromatic rings. The van der Waals surface area contributed by atoms with Crippen molar-refractivity contribution in [3.8, 4) is 0 Å². The zero-order chi connectivity index (χ0) is 14.6. The Hall–Kier alpha value is -2.37. The van der Waals surface area contributed by atoms with E-state index in [1.165, 1.54) is 20.0 Å². The Labute approximate surface area is 111 Å². The Balaban J connectivity index is 3.01. The molecule has 0 saturated carbocycles. The summed E-state index contributed by atoms with van der Waals surface area (Å²) < 4.78 is 0. The van der Waals surface area contributed by atoms with Crippen LogP contribution in [0.4, 0.5) is 11.4 Å². The molecule has 2 N–H and O–H groups in total. The molecule has 6 nitrogen and oxygen atoms in total. The van der Waals surface area contributed by atoms with Gasteiger partial charge in [0.15, 0.2) is 0 Å². The topological polar surface area (TPSA) is 82.5 Å². The first kappa shape index (κ1) is 14.7. The van der Waals surface area contributed by atoms with Crippen LogP contribution in [0.15, 0.2) is 29.6 Å². The largest absolute Gasteiger partial charge is 0.478 e. The molecule has 0 fully saturated rings. The Morgan fingerprint density at radius 2 is 1.89 bits per heavy atom. The van der Waals surface area contributed by atoms with Gasteiger partial charge in [-0.3, -0.25) is 9.78 Å². The van der Waals surface area contributed by atoms with Crippen LogP contribution in [0.3, 0.4) is 0 Å². The number of anilines is 2. The zero-order valence-electron chi connectivity index (χ0n) is 11.4. The molecule has 0 atom stereocenters. The van der Waals surface area contributed by atoms with Gasteiger partial charge in [0.05, 0.1) is 17.6 Å². The highest BCUT2D eigenvalue weighted by Gasteiger charge is 2.14. The molecule has 6 heteroatoms. The summed E-state index contributed by atoms with van der Waals surface area (Å²) in [6.07, 6.45) is 3.15. The predicted molar refractivity (Wildman–Crippen MR) is 73.2 cm³/mol. The van der Waals surface area contributed by atoms with E-state index >= 15 is 0 Å². The van der Waals surface area contributed by atoms with E-state index in [0.29, 0.717) is 5.69 Å². The number of carboxylic acids is 1. The highest BCUT2D eigenvalue weighted by atomic mass is 16.4. The maximum absolute atomic E-state index is 12.0. The summed E-state index contributed by atoms with van der Waals surface area (Å²) in [6, 6.07) is 1.76. The van der Waals surface area contributed by atoms with Crippen LogP contribution in [0.5, 0.6) is 0 Å². The first-order valence-corrected chi connectivity index (χ1v) is 5.68. The molecule has 0 bridgehead atoms. The molecular weight excluding hydrogens is 246 g/mol. The Kier molecular flexibility index (Phi) is 4.63. The number of carbonyl (C=O) groups excluding carboxylic acids is 1. The molecule has 1 rings (SSSR count). The zero-order valence-corrected chi connectivity index (χ0v) is 11.4. The SMILES string of the molecule is C/C(C(=O)O)=C(\C)C(=O)Nc1cnccc1N(C)C. The van der Waals surface area contributed by atoms with E-state index in [1.54, 1.807) is 12.3 Å². The van der Waals surface area contributed by atoms with Gasteiger partial charge in [-0.25, -0.2) is 4.79 Å². The third kappa shape index (κ3) is 3.54. The van der Waals surface area contributed by atoms with E-state index in [0.717, 1.165) is 5.69 Å². The highest BCUT2D eigenvalue weighted by Crippen LogP contribution is 2.22. The maximum Gasteiger partial charge on any atom is 0.331 e. The molecule has 1 aromatic heterocycles. The van der Waals surface area contributed by atoms with Crippen LogP contribution in [0, 0.1) is 0 Å². The standard InChI is InChI=1S/C13H17N3O3/c1-8(9(2)13(18)19)12(17)15-10-7-14-6-5-11(10)16(3)4/h5-7H,1-4H3,(H,15,17)(H,18,19)/b9-8-. The summed E-state index contributed by atoms with van der Waals surface area (Å²) in [5.74, 6) is -1.55. The van der Waals surface area contributed by atoms with E-state index in [2.05, 4.69) is 10.3 Å². The summed E-state index contributed by atoms with van der Waals surface area (Å²) >= 11 is 0. The molecule has 0 aliphatic carbocycles. The highest BCUT2D eigenvalue weighted by molar-refractivity contribution is 6.09. The molecule has 19 heavy (non-hydrogen) atoms. The van der Waals surface area contributed by atoms with Gasteiger partial charge in [-0.05, 0) is 19.9 Å². The molecule has 0 spiro atoms. The van der Waals surface area contributed by atoms with Crippen molar-refractivity contribution in [3.05, 3.63) is 29.6 Å². The van der Waals surface area contributed by atoms with Gasteiger partial charge in [-0.15, -0.1) is 0 Å². The van der Waals surface area contributed by atoms with Crippen LogP contribution in [-0.2, 0) is 9.59 Å². The number of pyridine rings is 1. The van der Waals surface area contributed by atoms with Crippen molar-refractivity contribution in [1.82, 2.24) is 4.98 Å². The number of aliphatic carboxylic acids is 1. The second-order valence-electron chi connectivity index (χ2n) is 4.30. The fourth-order valence-corrected chi connectivity index (χ4v) is 1.42. The number of aromatic nitrogens is 1. The fraction of sp³-hybridized carbons (Fsp3) is 0.308. The normalized spacial score (nSPS) is 11.6. The summed E-state index contributed by atoms with van der Waals surface area (Å²) in [5, 5.41) is 11.5. The summed E-state index contributed by atoms with van der Waals surface area (Å²) in [7, 11) is 3.69. The van der Waals surface area contributed by atoms with E-state index in [1.807, 2.05) is 19.0 Å². The van der Waals surface area contributed by atoms with Gasteiger partial charge in [-0.2, -0.15) is 0 Å². The van der Waals surface area contributed by atoms with Crippen LogP contribution < -0.4 is 10.2 Å². The summed E-state index contributed by atoms with van der Waals surface area (Å²) in [4.78, 5) is 28.5. The average Bonchev–Trinajstić information content (AvgIpc) is 2.37. The van der Waals surface area contributed by atoms with Gasteiger partial charge < -0.3 is 15.3 Å². The number of carboxylic acid groups (broad SMARTS) is 1. The second kappa shape index (κ2) is 5.99. The van der Waals surface area contributed by atoms with Crippen molar-refractivity contribution >= 4 is 23.3 Å². The molecule has 0 saturated heterocycles. The van der Waals surface area contributed by atoms with Gasteiger partial charge in [0.1, 0.15) is 0 Å². The molecule has 102 valence electrons. The molecule has 1 heterocycles. The van der Waals surface area contributed by atoms with Crippen LogP contribution in [0.1, 0.15) is 13.8 Å². The molecular formula is C13H17N3O3. The number of rotatable bonds is 4.